The zero-order chi connectivity index (χ0) is 21.0. The molecule has 146 valence electrons. The van der Waals surface area contributed by atoms with Crippen LogP contribution >= 0.6 is 0 Å². The molecule has 5 rings (SSSR count). The molecule has 2 heterocycles. The van der Waals surface area contributed by atoms with E-state index in [2.05, 4.69) is 5.32 Å². The molecule has 3 aromatic rings. The first kappa shape index (κ1) is 17.6. The fourth-order valence-corrected chi connectivity index (χ4v) is 3.49. The molecule has 4 amide bonds. The smallest absolute Gasteiger partial charge is 0.266 e. The summed E-state index contributed by atoms with van der Waals surface area (Å²) in [5, 5.41) is 2.21. The van der Waals surface area contributed by atoms with Crippen LogP contribution < -0.4 is 20.7 Å². The number of ether oxygens (including phenoxy) is 1. The van der Waals surface area contributed by atoms with Gasteiger partial charge in [-0.25, -0.2) is 4.90 Å². The maximum absolute atomic E-state index is 12.9. The first-order valence-electron chi connectivity index (χ1n) is 8.98. The minimum Gasteiger partial charge on any atom is -0.457 e. The lowest BCUT2D eigenvalue weighted by atomic mass is 10.1. The third kappa shape index (κ3) is 2.62. The van der Waals surface area contributed by atoms with Crippen LogP contribution in [0.4, 0.5) is 11.4 Å². The maximum atomic E-state index is 12.9. The minimum atomic E-state index is -0.491. The highest BCUT2D eigenvalue weighted by molar-refractivity contribution is 6.34. The van der Waals surface area contributed by atoms with Crippen molar-refractivity contribution in [3.05, 3.63) is 82.9 Å². The summed E-state index contributed by atoms with van der Waals surface area (Å²) in [6, 6.07) is 15.5. The highest BCUT2D eigenvalue weighted by Gasteiger charge is 2.37. The standard InChI is InChI=1S/C22H13N3O5/c23-11-1-3-12(4-2-11)25-21(28)16-8-6-14(10-18(16)22(25)29)30-13-5-7-15-17(9-13)20(27)24-19(15)26/h1-10H,23H2,(H,24,26,27). The summed E-state index contributed by atoms with van der Waals surface area (Å²) in [6.07, 6.45) is 0. The van der Waals surface area contributed by atoms with Crippen molar-refractivity contribution in [1.29, 1.82) is 0 Å². The van der Waals surface area contributed by atoms with Crippen molar-refractivity contribution in [2.75, 3.05) is 10.6 Å². The number of carbonyl (C=O) groups is 4. The predicted octanol–water partition coefficient (Wildman–Crippen LogP) is 2.75. The number of imide groups is 2. The van der Waals surface area contributed by atoms with Gasteiger partial charge in [0.2, 0.25) is 0 Å². The summed E-state index contributed by atoms with van der Waals surface area (Å²) in [7, 11) is 0. The average Bonchev–Trinajstić information content (AvgIpc) is 3.15. The number of anilines is 2. The lowest BCUT2D eigenvalue weighted by Gasteiger charge is -2.13. The van der Waals surface area contributed by atoms with E-state index >= 15 is 0 Å². The number of nitrogen functional groups attached to an aromatic ring is 1. The Balaban J connectivity index is 1.45. The van der Waals surface area contributed by atoms with E-state index in [1.54, 1.807) is 36.4 Å². The Morgan fingerprint density at radius 1 is 0.667 bits per heavy atom. The normalized spacial score (nSPS) is 14.6. The Labute approximate surface area is 169 Å². The van der Waals surface area contributed by atoms with E-state index in [0.29, 0.717) is 22.9 Å². The van der Waals surface area contributed by atoms with Gasteiger partial charge in [-0.05, 0) is 60.7 Å². The summed E-state index contributed by atoms with van der Waals surface area (Å²) in [5.41, 5.74) is 7.60. The predicted molar refractivity (Wildman–Crippen MR) is 107 cm³/mol. The first-order chi connectivity index (χ1) is 14.4. The quantitative estimate of drug-likeness (QED) is 0.516. The van der Waals surface area contributed by atoms with Crippen LogP contribution in [-0.4, -0.2) is 23.6 Å². The SMILES string of the molecule is Nc1ccc(N2C(=O)c3ccc(Oc4ccc5c(c4)C(=O)NC5=O)cc3C2=O)cc1. The Hall–Kier alpha value is -4.46. The number of benzene rings is 3. The van der Waals surface area contributed by atoms with Crippen LogP contribution in [0.25, 0.3) is 0 Å². The van der Waals surface area contributed by atoms with E-state index in [4.69, 9.17) is 10.5 Å². The third-order valence-electron chi connectivity index (χ3n) is 4.95. The molecule has 0 fully saturated rings. The molecular weight excluding hydrogens is 386 g/mol. The van der Waals surface area contributed by atoms with E-state index in [1.807, 2.05) is 0 Å². The summed E-state index contributed by atoms with van der Waals surface area (Å²) in [6.45, 7) is 0. The number of amides is 4. The van der Waals surface area contributed by atoms with Gasteiger partial charge < -0.3 is 10.5 Å². The molecule has 0 saturated carbocycles. The molecule has 0 unspecified atom stereocenters. The zero-order valence-corrected chi connectivity index (χ0v) is 15.3. The molecule has 30 heavy (non-hydrogen) atoms. The van der Waals surface area contributed by atoms with Gasteiger partial charge in [0.15, 0.2) is 0 Å². The second-order valence-electron chi connectivity index (χ2n) is 6.84. The van der Waals surface area contributed by atoms with Crippen molar-refractivity contribution in [1.82, 2.24) is 5.32 Å². The molecule has 0 radical (unpaired) electrons. The number of nitrogens with zero attached hydrogens (tertiary/aromatic N) is 1. The minimum absolute atomic E-state index is 0.211. The van der Waals surface area contributed by atoms with Crippen LogP contribution in [-0.2, 0) is 0 Å². The molecule has 8 nitrogen and oxygen atoms in total. The molecule has 2 aliphatic heterocycles. The van der Waals surface area contributed by atoms with Gasteiger partial charge in [0.25, 0.3) is 23.6 Å². The Kier molecular flexibility index (Phi) is 3.69. The van der Waals surface area contributed by atoms with Crippen LogP contribution in [0.15, 0.2) is 60.7 Å². The largest absolute Gasteiger partial charge is 0.457 e. The number of carbonyl (C=O) groups excluding carboxylic acids is 4. The second-order valence-corrected chi connectivity index (χ2v) is 6.84. The fraction of sp³-hybridized carbons (Fsp3) is 0. The van der Waals surface area contributed by atoms with E-state index < -0.39 is 23.6 Å². The highest BCUT2D eigenvalue weighted by Crippen LogP contribution is 2.33. The average molecular weight is 399 g/mol. The van der Waals surface area contributed by atoms with E-state index in [9.17, 15) is 19.2 Å². The molecule has 0 bridgehead atoms. The monoisotopic (exact) mass is 399 g/mol. The number of rotatable bonds is 3. The Morgan fingerprint density at radius 2 is 1.23 bits per heavy atom. The maximum Gasteiger partial charge on any atom is 0.266 e. The zero-order valence-electron chi connectivity index (χ0n) is 15.3. The van der Waals surface area contributed by atoms with Crippen molar-refractivity contribution in [2.24, 2.45) is 0 Å². The Morgan fingerprint density at radius 3 is 1.93 bits per heavy atom. The van der Waals surface area contributed by atoms with Gasteiger partial charge in [-0.3, -0.25) is 24.5 Å². The Bertz CT molecular complexity index is 1280. The van der Waals surface area contributed by atoms with Crippen molar-refractivity contribution >= 4 is 35.0 Å². The molecule has 0 spiro atoms. The van der Waals surface area contributed by atoms with Gasteiger partial charge in [-0.1, -0.05) is 0 Å². The van der Waals surface area contributed by atoms with Gasteiger partial charge in [-0.15, -0.1) is 0 Å². The third-order valence-corrected chi connectivity index (χ3v) is 4.95. The van der Waals surface area contributed by atoms with E-state index in [1.165, 1.54) is 24.3 Å². The number of nitrogens with one attached hydrogen (secondary N) is 1. The molecule has 3 N–H and O–H groups in total. The topological polar surface area (TPSA) is 119 Å². The summed E-state index contributed by atoms with van der Waals surface area (Å²) in [4.78, 5) is 50.1. The van der Waals surface area contributed by atoms with Gasteiger partial charge in [0.05, 0.1) is 27.9 Å². The van der Waals surface area contributed by atoms with Crippen LogP contribution in [0.2, 0.25) is 0 Å². The fourth-order valence-electron chi connectivity index (χ4n) is 3.49. The van der Waals surface area contributed by atoms with Crippen molar-refractivity contribution in [2.45, 2.75) is 0 Å². The van der Waals surface area contributed by atoms with Gasteiger partial charge in [-0.2, -0.15) is 0 Å². The lowest BCUT2D eigenvalue weighted by Crippen LogP contribution is -2.29. The second kappa shape index (κ2) is 6.28. The molecule has 0 aromatic heterocycles. The van der Waals surface area contributed by atoms with Crippen molar-refractivity contribution < 1.29 is 23.9 Å². The molecule has 3 aromatic carbocycles. The lowest BCUT2D eigenvalue weighted by molar-refractivity contribution is 0.0874. The van der Waals surface area contributed by atoms with E-state index in [0.717, 1.165) is 4.90 Å². The van der Waals surface area contributed by atoms with E-state index in [-0.39, 0.29) is 22.3 Å². The van der Waals surface area contributed by atoms with Crippen LogP contribution in [0.3, 0.4) is 0 Å². The van der Waals surface area contributed by atoms with Gasteiger partial charge >= 0.3 is 0 Å². The number of hydrogen-bond donors (Lipinski definition) is 2. The highest BCUT2D eigenvalue weighted by atomic mass is 16.5. The van der Waals surface area contributed by atoms with Crippen molar-refractivity contribution in [3.63, 3.8) is 0 Å². The molecule has 8 heteroatoms. The summed E-state index contributed by atoms with van der Waals surface area (Å²) < 4.78 is 5.76. The summed E-state index contributed by atoms with van der Waals surface area (Å²) in [5.74, 6) is -1.20. The molecule has 2 aliphatic rings. The van der Waals surface area contributed by atoms with Crippen LogP contribution in [0, 0.1) is 0 Å². The van der Waals surface area contributed by atoms with Gasteiger partial charge in [0, 0.05) is 5.69 Å². The first-order valence-corrected chi connectivity index (χ1v) is 8.98. The molecule has 0 saturated heterocycles. The van der Waals surface area contributed by atoms with Crippen LogP contribution in [0.1, 0.15) is 41.4 Å². The molecular formula is C22H13N3O5. The molecule has 0 aliphatic carbocycles. The number of hydrogen-bond acceptors (Lipinski definition) is 6. The summed E-state index contributed by atoms with van der Waals surface area (Å²) >= 11 is 0. The number of fused-ring (bicyclic) bond motifs is 2. The van der Waals surface area contributed by atoms with Gasteiger partial charge in [0.1, 0.15) is 11.5 Å². The molecule has 0 atom stereocenters. The van der Waals surface area contributed by atoms with Crippen LogP contribution in [0.5, 0.6) is 11.5 Å². The van der Waals surface area contributed by atoms with Crippen molar-refractivity contribution in [3.8, 4) is 11.5 Å². The number of nitrogens with two attached hydrogens (primary N) is 1.